The lowest BCUT2D eigenvalue weighted by Crippen LogP contribution is -2.02. The molecule has 0 bridgehead atoms. The molecule has 0 saturated heterocycles. The van der Waals surface area contributed by atoms with Gasteiger partial charge in [0.2, 0.25) is 0 Å². The minimum Gasteiger partial charge on any atom is -0.457 e. The van der Waals surface area contributed by atoms with Crippen molar-refractivity contribution in [2.24, 2.45) is 5.73 Å². The molecule has 2 N–H and O–H groups in total. The number of halogens is 2. The Morgan fingerprint density at radius 3 is 2.61 bits per heavy atom. The first-order valence-electron chi connectivity index (χ1n) is 5.61. The minimum atomic E-state index is -0.306. The van der Waals surface area contributed by atoms with Crippen LogP contribution in [0.3, 0.4) is 0 Å². The zero-order valence-electron chi connectivity index (χ0n) is 9.70. The lowest BCUT2D eigenvalue weighted by atomic mass is 10.1. The Labute approximate surface area is 114 Å². The van der Waals surface area contributed by atoms with Gasteiger partial charge in [-0.05, 0) is 64.8 Å². The highest BCUT2D eigenvalue weighted by atomic mass is 79.9. The summed E-state index contributed by atoms with van der Waals surface area (Å²) in [5.74, 6) is 1.01. The SMILES string of the molecule is NCCc1cccc(Oc2ccc(F)c(Br)c2)c1. The van der Waals surface area contributed by atoms with E-state index in [1.807, 2.05) is 24.3 Å². The topological polar surface area (TPSA) is 35.2 Å². The smallest absolute Gasteiger partial charge is 0.137 e. The largest absolute Gasteiger partial charge is 0.457 e. The molecule has 0 fully saturated rings. The molecule has 2 aromatic carbocycles. The van der Waals surface area contributed by atoms with Gasteiger partial charge in [-0.3, -0.25) is 0 Å². The van der Waals surface area contributed by atoms with Crippen LogP contribution in [0.5, 0.6) is 11.5 Å². The summed E-state index contributed by atoms with van der Waals surface area (Å²) in [6.45, 7) is 0.603. The Bertz CT molecular complexity index is 545. The van der Waals surface area contributed by atoms with Crippen LogP contribution >= 0.6 is 15.9 Å². The molecule has 0 aromatic heterocycles. The molecule has 2 nitrogen and oxygen atoms in total. The van der Waals surface area contributed by atoms with Crippen molar-refractivity contribution < 1.29 is 9.13 Å². The van der Waals surface area contributed by atoms with Crippen LogP contribution in [-0.4, -0.2) is 6.54 Å². The average molecular weight is 310 g/mol. The molecule has 0 aliphatic rings. The summed E-state index contributed by atoms with van der Waals surface area (Å²) in [5.41, 5.74) is 6.63. The van der Waals surface area contributed by atoms with Crippen LogP contribution in [0.15, 0.2) is 46.9 Å². The number of hydrogen-bond acceptors (Lipinski definition) is 2. The summed E-state index contributed by atoms with van der Waals surface area (Å²) in [5, 5.41) is 0. The van der Waals surface area contributed by atoms with Crippen LogP contribution in [0.2, 0.25) is 0 Å². The lowest BCUT2D eigenvalue weighted by molar-refractivity contribution is 0.479. The summed E-state index contributed by atoms with van der Waals surface area (Å²) in [6, 6.07) is 12.3. The molecule has 0 aliphatic carbocycles. The fourth-order valence-electron chi connectivity index (χ4n) is 1.61. The van der Waals surface area contributed by atoms with Gasteiger partial charge >= 0.3 is 0 Å². The van der Waals surface area contributed by atoms with Gasteiger partial charge in [0, 0.05) is 0 Å². The van der Waals surface area contributed by atoms with Crippen LogP contribution in [0, 0.1) is 5.82 Å². The van der Waals surface area contributed by atoms with Gasteiger partial charge < -0.3 is 10.5 Å². The van der Waals surface area contributed by atoms with Crippen molar-refractivity contribution in [1.29, 1.82) is 0 Å². The zero-order valence-corrected chi connectivity index (χ0v) is 11.3. The fourth-order valence-corrected chi connectivity index (χ4v) is 1.97. The van der Waals surface area contributed by atoms with Crippen LogP contribution in [0.1, 0.15) is 5.56 Å². The first-order valence-corrected chi connectivity index (χ1v) is 6.40. The standard InChI is InChI=1S/C14H13BrFNO/c15-13-9-12(4-5-14(13)16)18-11-3-1-2-10(8-11)6-7-17/h1-5,8-9H,6-7,17H2. The maximum atomic E-state index is 13.1. The predicted octanol–water partition coefficient (Wildman–Crippen LogP) is 3.88. The zero-order chi connectivity index (χ0) is 13.0. The molecule has 0 radical (unpaired) electrons. The van der Waals surface area contributed by atoms with Crippen LogP contribution in [-0.2, 0) is 6.42 Å². The molecule has 4 heteroatoms. The van der Waals surface area contributed by atoms with Crippen molar-refractivity contribution in [2.45, 2.75) is 6.42 Å². The maximum Gasteiger partial charge on any atom is 0.137 e. The van der Waals surface area contributed by atoms with E-state index < -0.39 is 0 Å². The van der Waals surface area contributed by atoms with Gasteiger partial charge in [0.05, 0.1) is 4.47 Å². The number of nitrogens with two attached hydrogens (primary N) is 1. The Kier molecular flexibility index (Phi) is 4.33. The molecule has 0 atom stereocenters. The van der Waals surface area contributed by atoms with Crippen molar-refractivity contribution >= 4 is 15.9 Å². The molecular weight excluding hydrogens is 297 g/mol. The third-order valence-corrected chi connectivity index (χ3v) is 3.07. The third kappa shape index (κ3) is 3.31. The molecule has 0 unspecified atom stereocenters. The van der Waals surface area contributed by atoms with Crippen molar-refractivity contribution in [3.05, 3.63) is 58.3 Å². The normalized spacial score (nSPS) is 10.4. The van der Waals surface area contributed by atoms with Crippen molar-refractivity contribution in [2.75, 3.05) is 6.54 Å². The Morgan fingerprint density at radius 2 is 1.89 bits per heavy atom. The van der Waals surface area contributed by atoms with Gasteiger partial charge in [-0.25, -0.2) is 4.39 Å². The monoisotopic (exact) mass is 309 g/mol. The summed E-state index contributed by atoms with van der Waals surface area (Å²) < 4.78 is 19.1. The molecule has 0 spiro atoms. The van der Waals surface area contributed by atoms with E-state index in [-0.39, 0.29) is 5.82 Å². The summed E-state index contributed by atoms with van der Waals surface area (Å²) in [4.78, 5) is 0. The van der Waals surface area contributed by atoms with E-state index in [1.165, 1.54) is 6.07 Å². The van der Waals surface area contributed by atoms with Gasteiger partial charge in [-0.2, -0.15) is 0 Å². The van der Waals surface area contributed by atoms with Crippen LogP contribution in [0.4, 0.5) is 4.39 Å². The number of ether oxygens (including phenoxy) is 1. The molecule has 2 rings (SSSR count). The van der Waals surface area contributed by atoms with E-state index in [2.05, 4.69) is 15.9 Å². The van der Waals surface area contributed by atoms with Gasteiger partial charge in [0.1, 0.15) is 17.3 Å². The Hall–Kier alpha value is -1.39. The Balaban J connectivity index is 2.17. The third-order valence-electron chi connectivity index (χ3n) is 2.46. The van der Waals surface area contributed by atoms with E-state index >= 15 is 0 Å². The molecule has 0 aliphatic heterocycles. The molecule has 18 heavy (non-hydrogen) atoms. The van der Waals surface area contributed by atoms with Crippen molar-refractivity contribution in [3.8, 4) is 11.5 Å². The van der Waals surface area contributed by atoms with Crippen LogP contribution in [0.25, 0.3) is 0 Å². The number of hydrogen-bond donors (Lipinski definition) is 1. The first-order chi connectivity index (χ1) is 8.69. The van der Waals surface area contributed by atoms with E-state index in [9.17, 15) is 4.39 Å². The fraction of sp³-hybridized carbons (Fsp3) is 0.143. The maximum absolute atomic E-state index is 13.1. The van der Waals surface area contributed by atoms with E-state index in [0.717, 1.165) is 17.7 Å². The predicted molar refractivity (Wildman–Crippen MR) is 73.4 cm³/mol. The highest BCUT2D eigenvalue weighted by Gasteiger charge is 2.03. The molecule has 0 heterocycles. The van der Waals surface area contributed by atoms with E-state index in [1.54, 1.807) is 12.1 Å². The quantitative estimate of drug-likeness (QED) is 0.930. The second-order valence-electron chi connectivity index (χ2n) is 3.86. The van der Waals surface area contributed by atoms with E-state index in [0.29, 0.717) is 16.8 Å². The highest BCUT2D eigenvalue weighted by molar-refractivity contribution is 9.10. The van der Waals surface area contributed by atoms with E-state index in [4.69, 9.17) is 10.5 Å². The summed E-state index contributed by atoms with van der Waals surface area (Å²) in [6.07, 6.45) is 0.810. The van der Waals surface area contributed by atoms with Gasteiger partial charge in [-0.1, -0.05) is 12.1 Å². The summed E-state index contributed by atoms with van der Waals surface area (Å²) >= 11 is 3.13. The summed E-state index contributed by atoms with van der Waals surface area (Å²) in [7, 11) is 0. The van der Waals surface area contributed by atoms with Gasteiger partial charge in [0.25, 0.3) is 0 Å². The molecule has 2 aromatic rings. The van der Waals surface area contributed by atoms with Gasteiger partial charge in [-0.15, -0.1) is 0 Å². The lowest BCUT2D eigenvalue weighted by Gasteiger charge is -2.08. The Morgan fingerprint density at radius 1 is 1.11 bits per heavy atom. The van der Waals surface area contributed by atoms with Crippen molar-refractivity contribution in [3.63, 3.8) is 0 Å². The molecule has 0 saturated carbocycles. The van der Waals surface area contributed by atoms with Crippen LogP contribution < -0.4 is 10.5 Å². The number of rotatable bonds is 4. The second-order valence-corrected chi connectivity index (χ2v) is 4.72. The average Bonchev–Trinajstić information content (AvgIpc) is 2.35. The second kappa shape index (κ2) is 5.98. The molecular formula is C14H13BrFNO. The molecule has 0 amide bonds. The number of benzene rings is 2. The first kappa shape index (κ1) is 13.1. The minimum absolute atomic E-state index is 0.306. The highest BCUT2D eigenvalue weighted by Crippen LogP contribution is 2.26. The van der Waals surface area contributed by atoms with Gasteiger partial charge in [0.15, 0.2) is 0 Å². The molecule has 94 valence electrons. The van der Waals surface area contributed by atoms with Crippen molar-refractivity contribution in [1.82, 2.24) is 0 Å².